The van der Waals surface area contributed by atoms with Crippen LogP contribution in [0.4, 0.5) is 0 Å². The Kier molecular flexibility index (Phi) is 44.5. The highest BCUT2D eigenvalue weighted by molar-refractivity contribution is 5.83. The summed E-state index contributed by atoms with van der Waals surface area (Å²) in [5.41, 5.74) is 1.32. The highest BCUT2D eigenvalue weighted by atomic mass is 16.7. The second kappa shape index (κ2) is 51.8. The molecule has 0 spiro atoms. The standard InChI is InChI=1S/C90H152O28/c1-51-25-31-69(115-89-85(99)87(107-17)79(105-15)49-109-89)43-63-21-19-23-65(113-63)47-75(103-13)58(8)74(94)40-62(92)42-78(60(10)84(98)54(4)30-34-68-46-72(102-12)38-56(6)112-68)118-82(96)36-28-52(2)26-32-70(116-90-86(100)88(108-18)80(106-16)50-110-90)44-64-22-20-24-66(114-64)48-76(104-14)57(7)73(93)39-61(91)41-77(117-81(95)35-27-51)59(9)83(97)53(3)29-33-67-45-71(101-11)37-55(5)111-67/h19-22,25-28,35-36,53-80,83-94,97-100H,23-24,29-34,37-50H2,1-18H3/b35-27-,36-28-,51-25-,52-26-/t53-,54-,55-,56-,57-,58-,59+,60+,61+,62+,63-,64-,65-,66-,67-,68-,69-,70-,71+,72+,73-,74-,75-,76-,77-,78-,79-,80-,83-,84-,85-,86-,87+,88+,89+,90+/m0/s1. The van der Waals surface area contributed by atoms with Gasteiger partial charge in [-0.05, 0) is 129 Å². The van der Waals surface area contributed by atoms with Crippen molar-refractivity contribution in [2.75, 3.05) is 70.1 Å². The smallest absolute Gasteiger partial charge is 0.331 e. The Labute approximate surface area is 703 Å². The Morgan fingerprint density at radius 1 is 0.424 bits per heavy atom. The summed E-state index contributed by atoms with van der Waals surface area (Å²) in [6.45, 7) is 19.1. The van der Waals surface area contributed by atoms with Crippen molar-refractivity contribution in [2.24, 2.45) is 35.5 Å². The number of aliphatic hydroxyl groups is 8. The fourth-order valence-electron chi connectivity index (χ4n) is 18.0. The maximum Gasteiger partial charge on any atom is 0.331 e. The molecule has 0 saturated carbocycles. The first-order valence-electron chi connectivity index (χ1n) is 43.6. The number of carbonyl (C=O) groups excluding carboxylic acids is 2. The number of methoxy groups -OCH3 is 8. The molecule has 0 aliphatic carbocycles. The monoisotopic (exact) mass is 1680 g/mol. The molecule has 7 aliphatic rings. The zero-order valence-electron chi connectivity index (χ0n) is 73.9. The molecule has 4 fully saturated rings. The summed E-state index contributed by atoms with van der Waals surface area (Å²) in [5, 5.41) is 95.8. The number of esters is 2. The topological polar surface area (TPSA) is 362 Å². The molecule has 0 aromatic carbocycles. The first kappa shape index (κ1) is 102. The van der Waals surface area contributed by atoms with Crippen molar-refractivity contribution in [2.45, 2.75) is 381 Å². The van der Waals surface area contributed by atoms with E-state index in [-0.39, 0.29) is 113 Å². The largest absolute Gasteiger partial charge is 0.459 e. The Balaban J connectivity index is 1.18. The zero-order chi connectivity index (χ0) is 86.4. The molecular weight excluding hydrogens is 1530 g/mol. The number of cyclic esters (lactones) is 2. The second-order valence-corrected chi connectivity index (χ2v) is 35.0. The van der Waals surface area contributed by atoms with Gasteiger partial charge in [0.1, 0.15) is 48.8 Å². The summed E-state index contributed by atoms with van der Waals surface area (Å²) in [7, 11) is 12.5. The lowest BCUT2D eigenvalue weighted by atomic mass is 9.83. The summed E-state index contributed by atoms with van der Waals surface area (Å²) in [6.07, 6.45) is 5.51. The van der Waals surface area contributed by atoms with Crippen molar-refractivity contribution < 1.29 is 136 Å². The number of fused-ring (bicyclic) bond motifs is 4. The van der Waals surface area contributed by atoms with Crippen LogP contribution in [0.2, 0.25) is 0 Å². The normalized spacial score (nSPS) is 41.5. The lowest BCUT2D eigenvalue weighted by molar-refractivity contribution is -0.290. The minimum Gasteiger partial charge on any atom is -0.459 e. The zero-order valence-corrected chi connectivity index (χ0v) is 73.9. The minimum absolute atomic E-state index is 0.0206. The molecule has 0 aromatic rings. The van der Waals surface area contributed by atoms with Crippen molar-refractivity contribution in [3.63, 3.8) is 0 Å². The first-order chi connectivity index (χ1) is 56.3. The summed E-state index contributed by atoms with van der Waals surface area (Å²) in [5.74, 6) is -4.40. The van der Waals surface area contributed by atoms with Crippen molar-refractivity contribution in [3.8, 4) is 0 Å². The van der Waals surface area contributed by atoms with Gasteiger partial charge in [-0.1, -0.05) is 101 Å². The minimum atomic E-state index is -1.23. The van der Waals surface area contributed by atoms with Crippen LogP contribution in [-0.4, -0.2) is 306 Å². The highest BCUT2D eigenvalue weighted by Crippen LogP contribution is 2.37. The number of aliphatic hydroxyl groups excluding tert-OH is 8. The predicted octanol–water partition coefficient (Wildman–Crippen LogP) is 9.16. The number of carbonyl (C=O) groups is 2. The van der Waals surface area contributed by atoms with Crippen LogP contribution in [0.1, 0.15) is 198 Å². The third kappa shape index (κ3) is 32.1. The number of ether oxygens (including phenoxy) is 18. The van der Waals surface area contributed by atoms with Crippen molar-refractivity contribution in [3.05, 3.63) is 71.9 Å². The fourth-order valence-corrected chi connectivity index (χ4v) is 18.0. The van der Waals surface area contributed by atoms with Crippen LogP contribution in [0.25, 0.3) is 0 Å². The van der Waals surface area contributed by atoms with Gasteiger partial charge in [0.15, 0.2) is 12.6 Å². The van der Waals surface area contributed by atoms with Crippen molar-refractivity contribution >= 4 is 11.9 Å². The molecule has 0 amide bonds. The summed E-state index contributed by atoms with van der Waals surface area (Å²) in [6, 6.07) is 0. The molecule has 0 aromatic heterocycles. The van der Waals surface area contributed by atoms with E-state index in [2.05, 4.69) is 0 Å². The van der Waals surface area contributed by atoms with Crippen molar-refractivity contribution in [1.82, 2.24) is 0 Å². The van der Waals surface area contributed by atoms with E-state index < -0.39 is 182 Å². The molecule has 0 unspecified atom stereocenters. The summed E-state index contributed by atoms with van der Waals surface area (Å²) >= 11 is 0. The quantitative estimate of drug-likeness (QED) is 0.0329. The molecule has 28 heteroatoms. The Bertz CT molecular complexity index is 2850. The van der Waals surface area contributed by atoms with E-state index in [0.717, 1.165) is 25.7 Å². The summed E-state index contributed by atoms with van der Waals surface area (Å²) in [4.78, 5) is 28.5. The highest BCUT2D eigenvalue weighted by Gasteiger charge is 2.46. The number of rotatable bonds is 24. The van der Waals surface area contributed by atoms with Crippen molar-refractivity contribution in [1.29, 1.82) is 0 Å². The lowest BCUT2D eigenvalue weighted by Gasteiger charge is -2.40. The molecule has 28 nitrogen and oxygen atoms in total. The van der Waals surface area contributed by atoms with Crippen LogP contribution in [-0.2, 0) is 94.9 Å². The van der Waals surface area contributed by atoms with Gasteiger partial charge in [-0.25, -0.2) is 9.59 Å². The Morgan fingerprint density at radius 3 is 1.14 bits per heavy atom. The van der Waals surface area contributed by atoms with Gasteiger partial charge in [-0.15, -0.1) is 0 Å². The molecule has 118 heavy (non-hydrogen) atoms. The SMILES string of the molecule is CO[C@H]1C[C@H](CC[C@H](C)[C@H](O)[C@H](C)[C@@H]2C[C@H](O)C[C@H](O)[C@H](C)[C@@H](OC)C[C@@H]3CC=C[C@@H](C[C@@H](O[C@H]4OC[C@H](OC)[C@@H](OC)[C@@H]4O)C/C=C(C)\C=C/C(=O)O[C@H]([C@@H](C)[C@@H](O)[C@@H](C)CC[C@H]4C[C@H](OC)C[C@H](C)O4)C[C@H](O)C[C@H](O)[C@H](C)[C@@H](OC)C[C@@H]4CC=C[C@@H](C[C@@H](O[C@H]5OC[C@H](OC)[C@@H](OC)[C@@H]5O)C/C=C(C)\C=C/C(=O)O2)O4)O3)O[C@@H](C)C1. The van der Waals surface area contributed by atoms with Gasteiger partial charge in [0, 0.05) is 131 Å². The maximum absolute atomic E-state index is 14.2. The van der Waals surface area contributed by atoms with Crippen LogP contribution in [0, 0.1) is 35.5 Å². The van der Waals surface area contributed by atoms with E-state index in [9.17, 15) is 50.4 Å². The average Bonchev–Trinajstić information content (AvgIpc) is 0.825. The second-order valence-electron chi connectivity index (χ2n) is 35.0. The van der Waals surface area contributed by atoms with Gasteiger partial charge in [0.25, 0.3) is 0 Å². The third-order valence-electron chi connectivity index (χ3n) is 25.8. The van der Waals surface area contributed by atoms with Gasteiger partial charge < -0.3 is 126 Å². The summed E-state index contributed by atoms with van der Waals surface area (Å²) < 4.78 is 110. The Hall–Kier alpha value is -3.58. The first-order valence-corrected chi connectivity index (χ1v) is 43.6. The van der Waals surface area contributed by atoms with Gasteiger partial charge in [-0.3, -0.25) is 0 Å². The van der Waals surface area contributed by atoms with Gasteiger partial charge in [-0.2, -0.15) is 0 Å². The molecule has 4 saturated heterocycles. The van der Waals surface area contributed by atoms with E-state index in [4.69, 9.17) is 85.3 Å². The lowest BCUT2D eigenvalue weighted by Crippen LogP contribution is -2.56. The number of hydrogen-bond donors (Lipinski definition) is 8. The molecule has 7 aliphatic heterocycles. The van der Waals surface area contributed by atoms with E-state index in [1.165, 1.54) is 40.6 Å². The van der Waals surface area contributed by atoms with E-state index in [1.807, 2.05) is 91.8 Å². The predicted molar refractivity (Wildman–Crippen MR) is 441 cm³/mol. The molecule has 7 heterocycles. The average molecular weight is 1680 g/mol. The molecule has 8 N–H and O–H groups in total. The van der Waals surface area contributed by atoms with Gasteiger partial charge in [0.2, 0.25) is 0 Å². The number of hydrogen-bond acceptors (Lipinski definition) is 28. The Morgan fingerprint density at radius 2 is 0.797 bits per heavy atom. The van der Waals surface area contributed by atoms with Crippen LogP contribution in [0.3, 0.4) is 0 Å². The van der Waals surface area contributed by atoms with E-state index >= 15 is 0 Å². The molecule has 36 atom stereocenters. The number of allylic oxidation sites excluding steroid dienone is 4. The maximum atomic E-state index is 14.2. The molecular formula is C90H152O28. The van der Waals surface area contributed by atoms with E-state index in [0.29, 0.717) is 62.5 Å². The van der Waals surface area contributed by atoms with E-state index in [1.54, 1.807) is 54.4 Å². The fraction of sp³-hybridized carbons (Fsp3) is 0.844. The molecule has 4 bridgehead atoms. The third-order valence-corrected chi connectivity index (χ3v) is 25.8. The molecule has 0 radical (unpaired) electrons. The van der Waals surface area contributed by atoms with Gasteiger partial charge >= 0.3 is 11.9 Å². The van der Waals surface area contributed by atoms with Gasteiger partial charge in [0.05, 0.1) is 135 Å². The molecule has 7 rings (SSSR count). The van der Waals surface area contributed by atoms with Crippen LogP contribution < -0.4 is 0 Å². The molecule has 680 valence electrons. The van der Waals surface area contributed by atoms with Crippen LogP contribution >= 0.6 is 0 Å². The van der Waals surface area contributed by atoms with Crippen LogP contribution in [0.5, 0.6) is 0 Å². The van der Waals surface area contributed by atoms with Crippen LogP contribution in [0.15, 0.2) is 71.9 Å².